The van der Waals surface area contributed by atoms with Gasteiger partial charge in [-0.3, -0.25) is 10.1 Å². The van der Waals surface area contributed by atoms with Crippen molar-refractivity contribution in [1.29, 1.82) is 0 Å². The van der Waals surface area contributed by atoms with Gasteiger partial charge in [0.2, 0.25) is 10.0 Å². The molecule has 0 aliphatic heterocycles. The molecule has 9 nitrogen and oxygen atoms in total. The molecule has 0 fully saturated rings. The second kappa shape index (κ2) is 7.18. The summed E-state index contributed by atoms with van der Waals surface area (Å²) >= 11 is 0. The molecule has 0 aliphatic rings. The maximum absolute atomic E-state index is 12.5. The van der Waals surface area contributed by atoms with E-state index in [9.17, 15) is 18.5 Å². The molecule has 0 bridgehead atoms. The molecular formula is C16H17N5O4S. The van der Waals surface area contributed by atoms with Gasteiger partial charge in [0.05, 0.1) is 16.4 Å². The fourth-order valence-corrected chi connectivity index (χ4v) is 3.63. The predicted octanol–water partition coefficient (Wildman–Crippen LogP) is 2.23. The Balaban J connectivity index is 1.88. The Morgan fingerprint density at radius 2 is 2.08 bits per heavy atom. The van der Waals surface area contributed by atoms with E-state index in [0.717, 1.165) is 12.5 Å². The minimum atomic E-state index is -3.91. The van der Waals surface area contributed by atoms with Crippen molar-refractivity contribution in [2.75, 3.05) is 0 Å². The number of aryl methyl sites for hydroxylation is 1. The summed E-state index contributed by atoms with van der Waals surface area (Å²) in [7, 11) is -3.91. The number of imidazole rings is 1. The van der Waals surface area contributed by atoms with Crippen LogP contribution in [0, 0.1) is 10.1 Å². The van der Waals surface area contributed by atoms with Crippen LogP contribution in [0.3, 0.4) is 0 Å². The summed E-state index contributed by atoms with van der Waals surface area (Å²) in [5, 5.41) is 10.8. The van der Waals surface area contributed by atoms with Crippen LogP contribution in [0.25, 0.3) is 11.2 Å². The van der Waals surface area contributed by atoms with Gasteiger partial charge in [-0.05, 0) is 24.6 Å². The topological polar surface area (TPSA) is 120 Å². The number of nitro groups is 1. The molecule has 10 heteroatoms. The molecule has 0 saturated carbocycles. The first-order valence-corrected chi connectivity index (χ1v) is 9.45. The minimum absolute atomic E-state index is 0.0403. The molecule has 0 spiro atoms. The number of sulfonamides is 1. The smallest absolute Gasteiger partial charge is 0.270 e. The number of pyridine rings is 1. The highest BCUT2D eigenvalue weighted by atomic mass is 32.2. The highest BCUT2D eigenvalue weighted by molar-refractivity contribution is 7.89. The lowest BCUT2D eigenvalue weighted by Gasteiger charge is -2.09. The number of nitrogens with zero attached hydrogens (tertiary/aromatic N) is 4. The molecule has 136 valence electrons. The molecule has 2 aromatic heterocycles. The number of fused-ring (bicyclic) bond motifs is 1. The van der Waals surface area contributed by atoms with Gasteiger partial charge in [-0.1, -0.05) is 13.0 Å². The number of rotatable bonds is 7. The fraction of sp³-hybridized carbons (Fsp3) is 0.250. The largest absolute Gasteiger partial charge is 0.312 e. The number of hydrogen-bond acceptors (Lipinski definition) is 6. The third kappa shape index (κ3) is 3.55. The van der Waals surface area contributed by atoms with Crippen LogP contribution < -0.4 is 4.72 Å². The summed E-state index contributed by atoms with van der Waals surface area (Å²) in [5.41, 5.74) is 1.10. The minimum Gasteiger partial charge on any atom is -0.312 e. The van der Waals surface area contributed by atoms with Crippen LogP contribution in [0.15, 0.2) is 47.5 Å². The molecule has 0 aliphatic carbocycles. The number of hydrogen-bond donors (Lipinski definition) is 1. The average molecular weight is 375 g/mol. The Kier molecular flexibility index (Phi) is 4.96. The number of non-ortho nitro benzene ring substituents is 1. The van der Waals surface area contributed by atoms with Crippen LogP contribution >= 0.6 is 0 Å². The van der Waals surface area contributed by atoms with Crippen LogP contribution in [-0.4, -0.2) is 27.9 Å². The van der Waals surface area contributed by atoms with E-state index < -0.39 is 14.9 Å². The van der Waals surface area contributed by atoms with Crippen molar-refractivity contribution in [3.8, 4) is 0 Å². The van der Waals surface area contributed by atoms with Crippen molar-refractivity contribution in [3.05, 3.63) is 58.5 Å². The van der Waals surface area contributed by atoms with E-state index in [4.69, 9.17) is 0 Å². The summed E-state index contributed by atoms with van der Waals surface area (Å²) in [6.07, 6.45) is 2.50. The fourth-order valence-electron chi connectivity index (χ4n) is 2.61. The third-order valence-corrected chi connectivity index (χ3v) is 5.19. The highest BCUT2D eigenvalue weighted by Crippen LogP contribution is 2.18. The summed E-state index contributed by atoms with van der Waals surface area (Å²) in [4.78, 5) is 18.8. The molecule has 0 saturated heterocycles. The van der Waals surface area contributed by atoms with E-state index >= 15 is 0 Å². The molecular weight excluding hydrogens is 358 g/mol. The Hall–Kier alpha value is -2.85. The third-order valence-electron chi connectivity index (χ3n) is 3.79. The van der Waals surface area contributed by atoms with Gasteiger partial charge in [0.25, 0.3) is 5.69 Å². The zero-order chi connectivity index (χ0) is 18.7. The lowest BCUT2D eigenvalue weighted by atomic mass is 10.3. The zero-order valence-corrected chi connectivity index (χ0v) is 14.8. The Morgan fingerprint density at radius 3 is 2.81 bits per heavy atom. The van der Waals surface area contributed by atoms with Crippen molar-refractivity contribution < 1.29 is 13.3 Å². The second-order valence-corrected chi connectivity index (χ2v) is 7.37. The SMILES string of the molecule is CCCn1c(CNS(=O)(=O)c2cccc([N+](=O)[O-])c2)nc2cccnc21. The second-order valence-electron chi connectivity index (χ2n) is 5.60. The summed E-state index contributed by atoms with van der Waals surface area (Å²) < 4.78 is 29.3. The number of nitrogens with one attached hydrogen (secondary N) is 1. The first-order valence-electron chi connectivity index (χ1n) is 7.96. The first-order chi connectivity index (χ1) is 12.4. The van der Waals surface area contributed by atoms with Crippen molar-refractivity contribution >= 4 is 26.9 Å². The van der Waals surface area contributed by atoms with Gasteiger partial charge < -0.3 is 4.57 Å². The van der Waals surface area contributed by atoms with Gasteiger partial charge in [0, 0.05) is 24.9 Å². The number of aromatic nitrogens is 3. The van der Waals surface area contributed by atoms with E-state index in [0.29, 0.717) is 23.5 Å². The summed E-state index contributed by atoms with van der Waals surface area (Å²) in [6, 6.07) is 8.49. The van der Waals surface area contributed by atoms with Crippen molar-refractivity contribution in [3.63, 3.8) is 0 Å². The van der Waals surface area contributed by atoms with E-state index in [1.165, 1.54) is 18.2 Å². The standard InChI is InChI=1S/C16H17N5O4S/c1-2-9-20-15(19-14-7-4-8-17-16(14)20)11-18-26(24,25)13-6-3-5-12(10-13)21(22)23/h3-8,10,18H,2,9,11H2,1H3. The van der Waals surface area contributed by atoms with Crippen LogP contribution in [0.1, 0.15) is 19.2 Å². The summed E-state index contributed by atoms with van der Waals surface area (Å²) in [6.45, 7) is 2.62. The first kappa shape index (κ1) is 18.0. The lowest BCUT2D eigenvalue weighted by molar-refractivity contribution is -0.385. The molecule has 26 heavy (non-hydrogen) atoms. The van der Waals surface area contributed by atoms with E-state index in [1.807, 2.05) is 17.6 Å². The molecule has 0 amide bonds. The quantitative estimate of drug-likeness (QED) is 0.499. The molecule has 3 rings (SSSR count). The molecule has 1 N–H and O–H groups in total. The number of benzene rings is 1. The molecule has 0 atom stereocenters. The van der Waals surface area contributed by atoms with Crippen molar-refractivity contribution in [2.45, 2.75) is 31.3 Å². The van der Waals surface area contributed by atoms with Crippen molar-refractivity contribution in [2.24, 2.45) is 0 Å². The Morgan fingerprint density at radius 1 is 1.27 bits per heavy atom. The van der Waals surface area contributed by atoms with Gasteiger partial charge in [-0.25, -0.2) is 23.1 Å². The molecule has 1 aromatic carbocycles. The maximum atomic E-state index is 12.5. The van der Waals surface area contributed by atoms with Gasteiger partial charge >= 0.3 is 0 Å². The Labute approximate surface area is 149 Å². The van der Waals surface area contributed by atoms with Gasteiger partial charge in [0.15, 0.2) is 5.65 Å². The maximum Gasteiger partial charge on any atom is 0.270 e. The lowest BCUT2D eigenvalue weighted by Crippen LogP contribution is -2.25. The highest BCUT2D eigenvalue weighted by Gasteiger charge is 2.19. The van der Waals surface area contributed by atoms with Crippen LogP contribution in [0.2, 0.25) is 0 Å². The summed E-state index contributed by atoms with van der Waals surface area (Å²) in [5.74, 6) is 0.537. The molecule has 0 unspecified atom stereocenters. The monoisotopic (exact) mass is 375 g/mol. The molecule has 3 aromatic rings. The van der Waals surface area contributed by atoms with Crippen LogP contribution in [-0.2, 0) is 23.1 Å². The molecule has 0 radical (unpaired) electrons. The van der Waals surface area contributed by atoms with E-state index in [1.54, 1.807) is 12.3 Å². The number of nitro benzene ring substituents is 1. The van der Waals surface area contributed by atoms with Gasteiger partial charge in [0.1, 0.15) is 11.3 Å². The normalized spacial score (nSPS) is 11.7. The van der Waals surface area contributed by atoms with Crippen LogP contribution in [0.5, 0.6) is 0 Å². The van der Waals surface area contributed by atoms with Gasteiger partial charge in [-0.2, -0.15) is 0 Å². The van der Waals surface area contributed by atoms with Crippen LogP contribution in [0.4, 0.5) is 5.69 Å². The predicted molar refractivity (Wildman–Crippen MR) is 94.9 cm³/mol. The van der Waals surface area contributed by atoms with Crippen molar-refractivity contribution in [1.82, 2.24) is 19.3 Å². The van der Waals surface area contributed by atoms with E-state index in [2.05, 4.69) is 14.7 Å². The van der Waals surface area contributed by atoms with Gasteiger partial charge in [-0.15, -0.1) is 0 Å². The van der Waals surface area contributed by atoms with E-state index in [-0.39, 0.29) is 17.1 Å². The molecule has 2 heterocycles. The average Bonchev–Trinajstić information content (AvgIpc) is 2.98. The zero-order valence-electron chi connectivity index (χ0n) is 14.0. The Bertz CT molecular complexity index is 1060.